The molecule has 3 aromatic rings. The predicted octanol–water partition coefficient (Wildman–Crippen LogP) is 2.95. The Balaban J connectivity index is 0.00000208. The maximum absolute atomic E-state index is 5.92. The van der Waals surface area contributed by atoms with Gasteiger partial charge < -0.3 is 4.43 Å². The summed E-state index contributed by atoms with van der Waals surface area (Å²) in [6.45, 7) is 6.27. The number of aliphatic imine (C=N–C) groups is 1. The van der Waals surface area contributed by atoms with Crippen molar-refractivity contribution in [2.24, 2.45) is 4.99 Å². The van der Waals surface area contributed by atoms with E-state index in [2.05, 4.69) is 38.0 Å². The first-order valence-corrected chi connectivity index (χ1v) is 10.1. The molecule has 0 saturated carbocycles. The summed E-state index contributed by atoms with van der Waals surface area (Å²) in [4.78, 5) is 21.4. The lowest BCUT2D eigenvalue weighted by Gasteiger charge is -2.12. The molecule has 2 aromatic heterocycles. The Morgan fingerprint density at radius 1 is 1.17 bits per heavy atom. The molecule has 0 radical (unpaired) electrons. The quantitative estimate of drug-likeness (QED) is 0.545. The smallest absolute Gasteiger partial charge is 0.546 e. The van der Waals surface area contributed by atoms with Crippen LogP contribution in [0.1, 0.15) is 12.8 Å². The molecule has 23 heavy (non-hydrogen) atoms. The molecule has 3 rings (SSSR count). The van der Waals surface area contributed by atoms with Crippen molar-refractivity contribution in [2.75, 3.05) is 0 Å². The zero-order valence-electron chi connectivity index (χ0n) is 14.3. The van der Waals surface area contributed by atoms with Crippen LogP contribution in [0.5, 0.6) is 5.75 Å². The van der Waals surface area contributed by atoms with Gasteiger partial charge in [-0.1, -0.05) is 6.07 Å². The third-order valence-electron chi connectivity index (χ3n) is 3.04. The first-order valence-electron chi connectivity index (χ1n) is 7.37. The van der Waals surface area contributed by atoms with Crippen LogP contribution in [0.25, 0.3) is 11.2 Å². The molecule has 0 saturated heterocycles. The summed E-state index contributed by atoms with van der Waals surface area (Å²) >= 11 is 0. The molecule has 0 unspecified atom stereocenters. The number of nitrogens with zero attached hydrogens (tertiary/aromatic N) is 5. The Morgan fingerprint density at radius 3 is 2.83 bits per heavy atom. The molecule has 2 heterocycles. The molecule has 0 aliphatic heterocycles. The predicted molar refractivity (Wildman–Crippen MR) is 94.2 cm³/mol. The summed E-state index contributed by atoms with van der Waals surface area (Å²) < 4.78 is 5.92. The molecule has 0 spiro atoms. The fraction of sp³-hybridized carbons (Fsp3) is 0.188. The third-order valence-corrected chi connectivity index (χ3v) is 3.77. The highest BCUT2D eigenvalue weighted by Crippen LogP contribution is 2.29. The average Bonchev–Trinajstić information content (AvgIpc) is 2.54. The van der Waals surface area contributed by atoms with Crippen molar-refractivity contribution in [1.29, 1.82) is 0 Å². The average molecular weight is 324 g/mol. The van der Waals surface area contributed by atoms with Crippen LogP contribution in [0.4, 0.5) is 5.69 Å². The van der Waals surface area contributed by atoms with Gasteiger partial charge in [0, 0.05) is 12.4 Å². The van der Waals surface area contributed by atoms with Gasteiger partial charge in [0.1, 0.15) is 17.0 Å². The minimum absolute atomic E-state index is 0. The highest BCUT2D eigenvalue weighted by atomic mass is 28.3. The summed E-state index contributed by atoms with van der Waals surface area (Å²) in [5.74, 6) is 1.29. The SMILES string of the molecule is Cc1ccc(O[SiH](C)C)c(N=Cc2ncc3nccnc3n2)c1.[H+]. The molecule has 116 valence electrons. The second-order valence-corrected chi connectivity index (χ2v) is 7.72. The summed E-state index contributed by atoms with van der Waals surface area (Å²) in [5.41, 5.74) is 3.13. The van der Waals surface area contributed by atoms with E-state index in [0.717, 1.165) is 17.0 Å². The first-order chi connectivity index (χ1) is 11.1. The lowest BCUT2D eigenvalue weighted by atomic mass is 10.2. The highest BCUT2D eigenvalue weighted by Gasteiger charge is 2.06. The Labute approximate surface area is 137 Å². The number of rotatable bonds is 4. The van der Waals surface area contributed by atoms with Crippen LogP contribution < -0.4 is 4.43 Å². The van der Waals surface area contributed by atoms with Crippen molar-refractivity contribution in [3.63, 3.8) is 0 Å². The molecule has 6 nitrogen and oxygen atoms in total. The van der Waals surface area contributed by atoms with E-state index in [1.807, 2.05) is 25.1 Å². The van der Waals surface area contributed by atoms with E-state index in [9.17, 15) is 0 Å². The van der Waals surface area contributed by atoms with Gasteiger partial charge in [0.2, 0.25) is 9.04 Å². The van der Waals surface area contributed by atoms with Gasteiger partial charge >= 0.3 is 1.43 Å². The minimum Gasteiger partial charge on any atom is -0.546 e. The number of hydrogen-bond acceptors (Lipinski definition) is 6. The van der Waals surface area contributed by atoms with Crippen molar-refractivity contribution in [1.82, 2.24) is 19.9 Å². The van der Waals surface area contributed by atoms with Gasteiger partial charge in [-0.25, -0.2) is 24.9 Å². The Kier molecular flexibility index (Phi) is 4.38. The normalized spacial score (nSPS) is 11.5. The molecule has 7 heteroatoms. The Hall–Kier alpha value is -2.67. The summed E-state index contributed by atoms with van der Waals surface area (Å²) in [6.07, 6.45) is 6.49. The van der Waals surface area contributed by atoms with Gasteiger partial charge in [-0.15, -0.1) is 0 Å². The molecular weight excluding hydrogens is 306 g/mol. The van der Waals surface area contributed by atoms with Crippen molar-refractivity contribution in [2.45, 2.75) is 20.0 Å². The fourth-order valence-electron chi connectivity index (χ4n) is 2.05. The Morgan fingerprint density at radius 2 is 2.00 bits per heavy atom. The fourth-order valence-corrected chi connectivity index (χ4v) is 2.76. The van der Waals surface area contributed by atoms with E-state index in [0.29, 0.717) is 17.0 Å². The van der Waals surface area contributed by atoms with Crippen LogP contribution >= 0.6 is 0 Å². The highest BCUT2D eigenvalue weighted by molar-refractivity contribution is 6.49. The first kappa shape index (κ1) is 15.2. The third kappa shape index (κ3) is 3.75. The number of hydrogen-bond donors (Lipinski definition) is 0. The van der Waals surface area contributed by atoms with Gasteiger partial charge in [0.15, 0.2) is 11.5 Å². The standard InChI is InChI=1S/C16H17N5OSi/c1-11-4-5-14(22-23(2)3)12(8-11)19-10-15-20-9-13-16(21-15)18-7-6-17-13/h4-10,23H,1-3H3/p+1. The van der Waals surface area contributed by atoms with E-state index in [4.69, 9.17) is 4.43 Å². The van der Waals surface area contributed by atoms with E-state index in [1.165, 1.54) is 0 Å². The molecule has 0 fully saturated rings. The maximum Gasteiger partial charge on any atom is 1.00 e. The molecule has 1 aromatic carbocycles. The van der Waals surface area contributed by atoms with Gasteiger partial charge in [-0.3, -0.25) is 0 Å². The summed E-state index contributed by atoms with van der Waals surface area (Å²) in [5, 5.41) is 0. The van der Waals surface area contributed by atoms with Crippen LogP contribution in [0.15, 0.2) is 41.8 Å². The van der Waals surface area contributed by atoms with Gasteiger partial charge in [0.05, 0.1) is 12.4 Å². The van der Waals surface area contributed by atoms with Crippen LogP contribution in [-0.4, -0.2) is 35.2 Å². The summed E-state index contributed by atoms with van der Waals surface area (Å²) in [7, 11) is -1.20. The largest absolute Gasteiger partial charge is 1.00 e. The molecule has 0 N–H and O–H groups in total. The topological polar surface area (TPSA) is 73.2 Å². The second-order valence-electron chi connectivity index (χ2n) is 5.39. The van der Waals surface area contributed by atoms with Crippen molar-refractivity contribution >= 4 is 32.1 Å². The molecule has 0 atom stereocenters. The zero-order valence-corrected chi connectivity index (χ0v) is 14.4. The van der Waals surface area contributed by atoms with E-state index in [-0.39, 0.29) is 1.43 Å². The number of aryl methyl sites for hydroxylation is 1. The monoisotopic (exact) mass is 324 g/mol. The molecule has 0 amide bonds. The lowest BCUT2D eigenvalue weighted by Crippen LogP contribution is -2.11. The number of fused-ring (bicyclic) bond motifs is 1. The van der Waals surface area contributed by atoms with Gasteiger partial charge in [-0.2, -0.15) is 0 Å². The minimum atomic E-state index is -1.20. The lowest BCUT2D eigenvalue weighted by molar-refractivity contribution is 0.582. The Bertz CT molecular complexity index is 872. The van der Waals surface area contributed by atoms with Gasteiger partial charge in [0.25, 0.3) is 0 Å². The molecule has 0 bridgehead atoms. The molecule has 0 aliphatic carbocycles. The summed E-state index contributed by atoms with van der Waals surface area (Å²) in [6, 6.07) is 5.97. The maximum atomic E-state index is 5.92. The van der Waals surface area contributed by atoms with E-state index < -0.39 is 9.04 Å². The number of benzene rings is 1. The van der Waals surface area contributed by atoms with Crippen molar-refractivity contribution < 1.29 is 5.85 Å². The van der Waals surface area contributed by atoms with E-state index in [1.54, 1.807) is 24.8 Å². The van der Waals surface area contributed by atoms with E-state index >= 15 is 0 Å². The van der Waals surface area contributed by atoms with Crippen LogP contribution in [-0.2, 0) is 0 Å². The molecule has 0 aliphatic rings. The van der Waals surface area contributed by atoms with Crippen LogP contribution in [0.3, 0.4) is 0 Å². The van der Waals surface area contributed by atoms with Gasteiger partial charge in [-0.05, 0) is 37.7 Å². The van der Waals surface area contributed by atoms with Crippen molar-refractivity contribution in [3.05, 3.63) is 48.2 Å². The van der Waals surface area contributed by atoms with Crippen molar-refractivity contribution in [3.8, 4) is 5.75 Å². The van der Waals surface area contributed by atoms with Crippen LogP contribution in [0.2, 0.25) is 13.1 Å². The number of aromatic nitrogens is 4. The van der Waals surface area contributed by atoms with Crippen LogP contribution in [0, 0.1) is 6.92 Å². The molecular formula is C16H18N5OSi+. The zero-order chi connectivity index (χ0) is 16.2. The second kappa shape index (κ2) is 6.61.